The molecule has 0 spiro atoms. The topological polar surface area (TPSA) is 118 Å². The summed E-state index contributed by atoms with van der Waals surface area (Å²) in [4.78, 5) is 49.9. The van der Waals surface area contributed by atoms with Crippen LogP contribution in [0.2, 0.25) is 0 Å². The van der Waals surface area contributed by atoms with Crippen LogP contribution in [0, 0.1) is 0 Å². The number of isocyanates is 4. The van der Waals surface area contributed by atoms with Gasteiger partial charge in [0.1, 0.15) is 0 Å². The molecule has 0 N–H and O–H groups in total. The Kier molecular flexibility index (Phi) is 15.0. The van der Waals surface area contributed by atoms with E-state index < -0.39 is 6.17 Å². The van der Waals surface area contributed by atoms with Crippen molar-refractivity contribution in [1.82, 2.24) is 0 Å². The number of nitrogens with zero attached hydrogens (tertiary/aromatic N) is 4. The Hall–Kier alpha value is -2.48. The molecule has 0 bridgehead atoms. The molecular weight excluding hydrogens is 216 g/mol. The first-order chi connectivity index (χ1) is 7.72. The number of hydrogen-bond donors (Lipinski definition) is 0. The van der Waals surface area contributed by atoms with E-state index in [1.807, 2.05) is 0 Å². The van der Waals surface area contributed by atoms with E-state index in [0.29, 0.717) is 0 Å². The van der Waals surface area contributed by atoms with Gasteiger partial charge in [0.2, 0.25) is 24.3 Å². The first-order valence-corrected chi connectivity index (χ1v) is 3.94. The second-order valence-corrected chi connectivity index (χ2v) is 2.02. The molecular formula is C8H8N4O4. The average molecular weight is 224 g/mol. The molecule has 0 aliphatic carbocycles. The van der Waals surface area contributed by atoms with Crippen LogP contribution >= 0.6 is 0 Å². The van der Waals surface area contributed by atoms with Gasteiger partial charge in [0.15, 0.2) is 6.17 Å². The second-order valence-electron chi connectivity index (χ2n) is 2.02. The van der Waals surface area contributed by atoms with Crippen LogP contribution in [0.3, 0.4) is 0 Å². The Bertz CT molecular complexity index is 333. The molecule has 0 aromatic heterocycles. The molecule has 0 aromatic rings. The van der Waals surface area contributed by atoms with Crippen LogP contribution < -0.4 is 0 Å². The van der Waals surface area contributed by atoms with Gasteiger partial charge in [0.25, 0.3) is 0 Å². The molecule has 8 heteroatoms. The standard InChI is InChI=1S/2C4H4N2O2/c1-4(5-2-7)6-3-8;7-3-5-1-2-6-4-8/h4H,1H3;1-2H2. The second kappa shape index (κ2) is 15.0. The Morgan fingerprint density at radius 2 is 1.19 bits per heavy atom. The fourth-order valence-corrected chi connectivity index (χ4v) is 0.373. The summed E-state index contributed by atoms with van der Waals surface area (Å²) in [5.41, 5.74) is 0. The normalized spacial score (nSPS) is 8.56. The van der Waals surface area contributed by atoms with Gasteiger partial charge in [-0.3, -0.25) is 0 Å². The molecule has 16 heavy (non-hydrogen) atoms. The fraction of sp³-hybridized carbons (Fsp3) is 0.500. The summed E-state index contributed by atoms with van der Waals surface area (Å²) in [6, 6.07) is 0. The van der Waals surface area contributed by atoms with E-state index in [-0.39, 0.29) is 13.1 Å². The highest BCUT2D eigenvalue weighted by Gasteiger charge is 1.87. The van der Waals surface area contributed by atoms with Crippen molar-refractivity contribution in [3.05, 3.63) is 0 Å². The first-order valence-electron chi connectivity index (χ1n) is 3.94. The first kappa shape index (κ1) is 16.0. The Labute approximate surface area is 90.5 Å². The zero-order valence-corrected chi connectivity index (χ0v) is 8.41. The third kappa shape index (κ3) is 17.6. The highest BCUT2D eigenvalue weighted by atomic mass is 16.1. The Balaban J connectivity index is 0. The van der Waals surface area contributed by atoms with Crippen LogP contribution in [0.25, 0.3) is 0 Å². The highest BCUT2D eigenvalue weighted by Crippen LogP contribution is 1.84. The SMILES string of the molecule is CC(N=C=O)N=C=O.O=C=NCCN=C=O. The zero-order valence-electron chi connectivity index (χ0n) is 8.41. The maximum atomic E-state index is 9.41. The summed E-state index contributed by atoms with van der Waals surface area (Å²) in [6.45, 7) is 1.92. The van der Waals surface area contributed by atoms with E-state index in [9.17, 15) is 19.2 Å². The van der Waals surface area contributed by atoms with Crippen molar-refractivity contribution in [2.24, 2.45) is 20.0 Å². The van der Waals surface area contributed by atoms with E-state index >= 15 is 0 Å². The predicted molar refractivity (Wildman–Crippen MR) is 51.7 cm³/mol. The molecule has 0 aromatic carbocycles. The zero-order chi connectivity index (χ0) is 12.6. The lowest BCUT2D eigenvalue weighted by Crippen LogP contribution is -1.88. The van der Waals surface area contributed by atoms with Crippen molar-refractivity contribution < 1.29 is 19.2 Å². The lowest BCUT2D eigenvalue weighted by molar-refractivity contribution is 0.553. The van der Waals surface area contributed by atoms with E-state index in [1.165, 1.54) is 31.2 Å². The van der Waals surface area contributed by atoms with Gasteiger partial charge in [-0.2, -0.15) is 9.98 Å². The van der Waals surface area contributed by atoms with Gasteiger partial charge in [-0.05, 0) is 6.92 Å². The van der Waals surface area contributed by atoms with Gasteiger partial charge in [0, 0.05) is 0 Å². The minimum Gasteiger partial charge on any atom is -0.211 e. The summed E-state index contributed by atoms with van der Waals surface area (Å²) in [7, 11) is 0. The van der Waals surface area contributed by atoms with Crippen LogP contribution in [-0.2, 0) is 19.2 Å². The van der Waals surface area contributed by atoms with E-state index in [1.54, 1.807) is 0 Å². The number of hydrogen-bond acceptors (Lipinski definition) is 8. The van der Waals surface area contributed by atoms with Crippen molar-refractivity contribution in [3.63, 3.8) is 0 Å². The molecule has 0 fully saturated rings. The largest absolute Gasteiger partial charge is 0.237 e. The molecule has 0 rings (SSSR count). The summed E-state index contributed by atoms with van der Waals surface area (Å²) in [5.74, 6) is 0. The van der Waals surface area contributed by atoms with E-state index in [0.717, 1.165) is 0 Å². The Morgan fingerprint density at radius 1 is 0.812 bits per heavy atom. The number of rotatable bonds is 5. The van der Waals surface area contributed by atoms with Crippen molar-refractivity contribution in [3.8, 4) is 0 Å². The highest BCUT2D eigenvalue weighted by molar-refractivity contribution is 5.36. The van der Waals surface area contributed by atoms with Gasteiger partial charge in [-0.15, -0.1) is 0 Å². The predicted octanol–water partition coefficient (Wildman–Crippen LogP) is -0.338. The Morgan fingerprint density at radius 3 is 1.44 bits per heavy atom. The van der Waals surface area contributed by atoms with Crippen LogP contribution in [0.1, 0.15) is 6.92 Å². The van der Waals surface area contributed by atoms with Gasteiger partial charge < -0.3 is 0 Å². The van der Waals surface area contributed by atoms with Gasteiger partial charge in [-0.25, -0.2) is 29.2 Å². The maximum Gasteiger partial charge on any atom is 0.237 e. The molecule has 0 unspecified atom stereocenters. The van der Waals surface area contributed by atoms with Crippen molar-refractivity contribution >= 4 is 24.3 Å². The van der Waals surface area contributed by atoms with Gasteiger partial charge in [0.05, 0.1) is 13.1 Å². The lowest BCUT2D eigenvalue weighted by Gasteiger charge is -1.84. The molecule has 0 aliphatic rings. The fourth-order valence-electron chi connectivity index (χ4n) is 0.373. The molecule has 0 heterocycles. The minimum absolute atomic E-state index is 0.221. The third-order valence-electron chi connectivity index (χ3n) is 0.932. The van der Waals surface area contributed by atoms with Crippen LogP contribution in [0.4, 0.5) is 0 Å². The smallest absolute Gasteiger partial charge is 0.211 e. The average Bonchev–Trinajstić information content (AvgIpc) is 2.26. The van der Waals surface area contributed by atoms with Gasteiger partial charge in [-0.1, -0.05) is 0 Å². The maximum absolute atomic E-state index is 9.41. The van der Waals surface area contributed by atoms with Crippen molar-refractivity contribution in [1.29, 1.82) is 0 Å². The quantitative estimate of drug-likeness (QED) is 0.360. The molecule has 8 nitrogen and oxygen atoms in total. The molecule has 0 atom stereocenters. The van der Waals surface area contributed by atoms with Crippen LogP contribution in [0.15, 0.2) is 20.0 Å². The molecule has 0 amide bonds. The molecule has 84 valence electrons. The number of carbonyl (C=O) groups excluding carboxylic acids is 4. The van der Waals surface area contributed by atoms with E-state index in [4.69, 9.17) is 0 Å². The summed E-state index contributed by atoms with van der Waals surface area (Å²) in [5, 5.41) is 0. The molecule has 0 saturated carbocycles. The van der Waals surface area contributed by atoms with Crippen LogP contribution in [0.5, 0.6) is 0 Å². The minimum atomic E-state index is -0.634. The summed E-state index contributed by atoms with van der Waals surface area (Å²) >= 11 is 0. The van der Waals surface area contributed by atoms with Gasteiger partial charge >= 0.3 is 0 Å². The van der Waals surface area contributed by atoms with E-state index in [2.05, 4.69) is 20.0 Å². The van der Waals surface area contributed by atoms with Crippen molar-refractivity contribution in [2.75, 3.05) is 13.1 Å². The molecule has 0 radical (unpaired) electrons. The number of aliphatic imine (C=N–C) groups is 4. The summed E-state index contributed by atoms with van der Waals surface area (Å²) < 4.78 is 0. The van der Waals surface area contributed by atoms with Crippen molar-refractivity contribution in [2.45, 2.75) is 13.1 Å². The third-order valence-corrected chi connectivity index (χ3v) is 0.932. The molecule has 0 aliphatic heterocycles. The van der Waals surface area contributed by atoms with Crippen LogP contribution in [-0.4, -0.2) is 43.6 Å². The monoisotopic (exact) mass is 224 g/mol. The lowest BCUT2D eigenvalue weighted by atomic mass is 10.6. The molecule has 0 saturated heterocycles. The summed E-state index contributed by atoms with van der Waals surface area (Å²) in [6.07, 6.45) is 4.50.